The predicted octanol–water partition coefficient (Wildman–Crippen LogP) is 3.71. The number of rotatable bonds is 3. The topological polar surface area (TPSA) is 46.5 Å². The highest BCUT2D eigenvalue weighted by Gasteiger charge is 2.08. The average molecular weight is 263 g/mol. The third-order valence-electron chi connectivity index (χ3n) is 2.59. The van der Waals surface area contributed by atoms with Crippen LogP contribution >= 0.6 is 11.6 Å². The van der Waals surface area contributed by atoms with Gasteiger partial charge in [0.25, 0.3) is 0 Å². The first-order chi connectivity index (χ1) is 8.61. The lowest BCUT2D eigenvalue weighted by molar-refractivity contribution is 0.0697. The smallest absolute Gasteiger partial charge is 0.335 e. The monoisotopic (exact) mass is 262 g/mol. The van der Waals surface area contributed by atoms with Gasteiger partial charge in [0.15, 0.2) is 0 Å². The molecule has 92 valence electrons. The second-order valence-corrected chi connectivity index (χ2v) is 4.14. The number of carboxylic acids is 1. The fourth-order valence-electron chi connectivity index (χ4n) is 1.67. The Hall–Kier alpha value is -2.00. The van der Waals surface area contributed by atoms with E-state index in [4.69, 9.17) is 21.4 Å². The number of benzene rings is 2. The normalized spacial score (nSPS) is 10.1. The SMILES string of the molecule is COc1ccc(Cl)c(-c2cccc(C(=O)O)c2)c1. The average Bonchev–Trinajstić information content (AvgIpc) is 2.39. The first-order valence-corrected chi connectivity index (χ1v) is 5.67. The number of halogens is 1. The van der Waals surface area contributed by atoms with E-state index < -0.39 is 5.97 Å². The van der Waals surface area contributed by atoms with Gasteiger partial charge in [-0.25, -0.2) is 4.79 Å². The maximum absolute atomic E-state index is 10.9. The summed E-state index contributed by atoms with van der Waals surface area (Å²) in [6, 6.07) is 11.9. The summed E-state index contributed by atoms with van der Waals surface area (Å²) in [4.78, 5) is 10.9. The molecule has 0 aromatic heterocycles. The van der Waals surface area contributed by atoms with Crippen molar-refractivity contribution in [3.63, 3.8) is 0 Å². The van der Waals surface area contributed by atoms with Gasteiger partial charge in [-0.15, -0.1) is 0 Å². The molecule has 0 unspecified atom stereocenters. The maximum Gasteiger partial charge on any atom is 0.335 e. The molecule has 2 aromatic carbocycles. The highest BCUT2D eigenvalue weighted by Crippen LogP contribution is 2.31. The molecular weight excluding hydrogens is 252 g/mol. The van der Waals surface area contributed by atoms with Gasteiger partial charge in [0.2, 0.25) is 0 Å². The molecule has 0 saturated heterocycles. The van der Waals surface area contributed by atoms with E-state index in [1.807, 2.05) is 6.07 Å². The van der Waals surface area contributed by atoms with E-state index >= 15 is 0 Å². The molecule has 0 aliphatic carbocycles. The fourth-order valence-corrected chi connectivity index (χ4v) is 1.90. The Balaban J connectivity index is 2.54. The number of aromatic carboxylic acids is 1. The van der Waals surface area contributed by atoms with Gasteiger partial charge in [-0.2, -0.15) is 0 Å². The Morgan fingerprint density at radius 2 is 2.00 bits per heavy atom. The van der Waals surface area contributed by atoms with E-state index in [0.717, 1.165) is 11.1 Å². The number of hydrogen-bond donors (Lipinski definition) is 1. The first kappa shape index (κ1) is 12.5. The van der Waals surface area contributed by atoms with Gasteiger partial charge < -0.3 is 9.84 Å². The minimum atomic E-state index is -0.962. The molecule has 0 heterocycles. The molecule has 0 bridgehead atoms. The highest BCUT2D eigenvalue weighted by atomic mass is 35.5. The molecule has 0 amide bonds. The number of carbonyl (C=O) groups is 1. The van der Waals surface area contributed by atoms with Crippen molar-refractivity contribution in [2.45, 2.75) is 0 Å². The van der Waals surface area contributed by atoms with Crippen LogP contribution in [0, 0.1) is 0 Å². The van der Waals surface area contributed by atoms with Crippen molar-refractivity contribution in [3.8, 4) is 16.9 Å². The van der Waals surface area contributed by atoms with Crippen molar-refractivity contribution in [2.75, 3.05) is 7.11 Å². The Morgan fingerprint density at radius 1 is 1.22 bits per heavy atom. The molecule has 0 radical (unpaired) electrons. The standard InChI is InChI=1S/C14H11ClO3/c1-18-11-5-6-13(15)12(8-11)9-3-2-4-10(7-9)14(16)17/h2-8H,1H3,(H,16,17). The number of methoxy groups -OCH3 is 1. The molecule has 0 fully saturated rings. The third kappa shape index (κ3) is 2.46. The zero-order valence-corrected chi connectivity index (χ0v) is 10.4. The summed E-state index contributed by atoms with van der Waals surface area (Å²) in [5.74, 6) is -0.286. The van der Waals surface area contributed by atoms with Gasteiger partial charge in [-0.05, 0) is 35.9 Å². The van der Waals surface area contributed by atoms with Crippen LogP contribution in [-0.2, 0) is 0 Å². The minimum absolute atomic E-state index is 0.228. The van der Waals surface area contributed by atoms with Crippen LogP contribution in [0.15, 0.2) is 42.5 Å². The summed E-state index contributed by atoms with van der Waals surface area (Å²) >= 11 is 6.12. The predicted molar refractivity (Wildman–Crippen MR) is 70.4 cm³/mol. The summed E-state index contributed by atoms with van der Waals surface area (Å²) in [5, 5.41) is 9.52. The van der Waals surface area contributed by atoms with Crippen molar-refractivity contribution in [3.05, 3.63) is 53.1 Å². The van der Waals surface area contributed by atoms with E-state index in [-0.39, 0.29) is 5.56 Å². The summed E-state index contributed by atoms with van der Waals surface area (Å²) < 4.78 is 5.13. The zero-order chi connectivity index (χ0) is 13.1. The van der Waals surface area contributed by atoms with Crippen molar-refractivity contribution in [1.29, 1.82) is 0 Å². The largest absolute Gasteiger partial charge is 0.497 e. The summed E-state index contributed by atoms with van der Waals surface area (Å²) in [5.41, 5.74) is 1.73. The van der Waals surface area contributed by atoms with Crippen LogP contribution in [0.5, 0.6) is 5.75 Å². The summed E-state index contributed by atoms with van der Waals surface area (Å²) in [6.45, 7) is 0. The lowest BCUT2D eigenvalue weighted by Gasteiger charge is -2.08. The van der Waals surface area contributed by atoms with Crippen LogP contribution < -0.4 is 4.74 Å². The number of carboxylic acid groups (broad SMARTS) is 1. The quantitative estimate of drug-likeness (QED) is 0.917. The minimum Gasteiger partial charge on any atom is -0.497 e. The second kappa shape index (κ2) is 5.10. The van der Waals surface area contributed by atoms with Gasteiger partial charge in [0, 0.05) is 10.6 Å². The van der Waals surface area contributed by atoms with Gasteiger partial charge in [0.05, 0.1) is 12.7 Å². The fraction of sp³-hybridized carbons (Fsp3) is 0.0714. The van der Waals surface area contributed by atoms with E-state index in [0.29, 0.717) is 10.8 Å². The molecule has 0 aliphatic rings. The van der Waals surface area contributed by atoms with Crippen LogP contribution in [0.4, 0.5) is 0 Å². The van der Waals surface area contributed by atoms with E-state index in [2.05, 4.69) is 0 Å². The third-order valence-corrected chi connectivity index (χ3v) is 2.92. The highest BCUT2D eigenvalue weighted by molar-refractivity contribution is 6.33. The van der Waals surface area contributed by atoms with Gasteiger partial charge in [0.1, 0.15) is 5.75 Å². The van der Waals surface area contributed by atoms with Crippen LogP contribution in [0.3, 0.4) is 0 Å². The van der Waals surface area contributed by atoms with Crippen molar-refractivity contribution < 1.29 is 14.6 Å². The lowest BCUT2D eigenvalue weighted by Crippen LogP contribution is -1.96. The molecule has 0 spiro atoms. The maximum atomic E-state index is 10.9. The molecule has 2 rings (SSSR count). The Bertz CT molecular complexity index is 593. The summed E-state index contributed by atoms with van der Waals surface area (Å²) in [7, 11) is 1.57. The van der Waals surface area contributed by atoms with Gasteiger partial charge >= 0.3 is 5.97 Å². The zero-order valence-electron chi connectivity index (χ0n) is 9.68. The van der Waals surface area contributed by atoms with Crippen LogP contribution in [0.25, 0.3) is 11.1 Å². The van der Waals surface area contributed by atoms with Crippen LogP contribution in [0.1, 0.15) is 10.4 Å². The van der Waals surface area contributed by atoms with Crippen LogP contribution in [-0.4, -0.2) is 18.2 Å². The van der Waals surface area contributed by atoms with Gasteiger partial charge in [-0.3, -0.25) is 0 Å². The van der Waals surface area contributed by atoms with Gasteiger partial charge in [-0.1, -0.05) is 23.7 Å². The number of hydrogen-bond acceptors (Lipinski definition) is 2. The first-order valence-electron chi connectivity index (χ1n) is 5.29. The van der Waals surface area contributed by atoms with E-state index in [1.54, 1.807) is 43.5 Å². The van der Waals surface area contributed by atoms with E-state index in [1.165, 1.54) is 0 Å². The van der Waals surface area contributed by atoms with Crippen molar-refractivity contribution in [1.82, 2.24) is 0 Å². The number of ether oxygens (including phenoxy) is 1. The van der Waals surface area contributed by atoms with Crippen LogP contribution in [0.2, 0.25) is 5.02 Å². The molecular formula is C14H11ClO3. The van der Waals surface area contributed by atoms with E-state index in [9.17, 15) is 4.79 Å². The lowest BCUT2D eigenvalue weighted by atomic mass is 10.0. The molecule has 0 atom stereocenters. The van der Waals surface area contributed by atoms with Crippen molar-refractivity contribution in [2.24, 2.45) is 0 Å². The Morgan fingerprint density at radius 3 is 2.67 bits per heavy atom. The Labute approximate surface area is 110 Å². The Kier molecular flexibility index (Phi) is 3.53. The molecule has 4 heteroatoms. The molecule has 0 saturated carbocycles. The molecule has 18 heavy (non-hydrogen) atoms. The molecule has 3 nitrogen and oxygen atoms in total. The second-order valence-electron chi connectivity index (χ2n) is 3.73. The van der Waals surface area contributed by atoms with Crippen molar-refractivity contribution >= 4 is 17.6 Å². The summed E-state index contributed by atoms with van der Waals surface area (Å²) in [6.07, 6.45) is 0. The molecule has 0 aliphatic heterocycles. The molecule has 2 aromatic rings. The molecule has 1 N–H and O–H groups in total.